The largest absolute Gasteiger partial charge is 0.484 e. The maximum Gasteiger partial charge on any atom is 0.260 e. The number of hydrogen-bond donors (Lipinski definition) is 1. The van der Waals surface area contributed by atoms with Crippen LogP contribution in [0.2, 0.25) is 0 Å². The first-order valence-electron chi connectivity index (χ1n) is 10.0. The van der Waals surface area contributed by atoms with Gasteiger partial charge in [0.1, 0.15) is 5.75 Å². The minimum Gasteiger partial charge on any atom is -0.484 e. The zero-order valence-electron chi connectivity index (χ0n) is 17.4. The average Bonchev–Trinajstić information content (AvgIpc) is 2.78. The summed E-state index contributed by atoms with van der Waals surface area (Å²) >= 11 is 0. The van der Waals surface area contributed by atoms with Crippen molar-refractivity contribution in [3.05, 3.63) is 65.2 Å². The van der Waals surface area contributed by atoms with Gasteiger partial charge in [0.25, 0.3) is 11.8 Å². The van der Waals surface area contributed by atoms with Crippen LogP contribution in [0.1, 0.15) is 21.5 Å². The molecule has 0 aliphatic carbocycles. The van der Waals surface area contributed by atoms with E-state index in [0.29, 0.717) is 37.5 Å². The molecule has 0 bridgehead atoms. The fourth-order valence-corrected chi connectivity index (χ4v) is 3.20. The van der Waals surface area contributed by atoms with Gasteiger partial charge in [0.15, 0.2) is 6.61 Å². The van der Waals surface area contributed by atoms with Crippen molar-refractivity contribution in [3.8, 4) is 5.75 Å². The van der Waals surface area contributed by atoms with E-state index in [1.807, 2.05) is 38.1 Å². The monoisotopic (exact) mass is 409 g/mol. The normalized spacial score (nSPS) is 13.7. The second-order valence-corrected chi connectivity index (χ2v) is 7.35. The van der Waals surface area contributed by atoms with Crippen molar-refractivity contribution in [1.82, 2.24) is 15.1 Å². The summed E-state index contributed by atoms with van der Waals surface area (Å²) in [5, 5.41) is 2.65. The quantitative estimate of drug-likeness (QED) is 0.789. The highest BCUT2D eigenvalue weighted by Crippen LogP contribution is 2.16. The molecule has 3 rings (SSSR count). The first kappa shape index (κ1) is 21.4. The summed E-state index contributed by atoms with van der Waals surface area (Å²) < 4.78 is 5.62. The van der Waals surface area contributed by atoms with E-state index in [2.05, 4.69) is 5.32 Å². The molecule has 7 nitrogen and oxygen atoms in total. The molecule has 0 spiro atoms. The van der Waals surface area contributed by atoms with Gasteiger partial charge in [-0.05, 0) is 49.2 Å². The van der Waals surface area contributed by atoms with E-state index in [1.165, 1.54) is 5.56 Å². The number of ether oxygens (including phenoxy) is 1. The Morgan fingerprint density at radius 1 is 0.867 bits per heavy atom. The van der Waals surface area contributed by atoms with Gasteiger partial charge in [0.2, 0.25) is 5.91 Å². The molecule has 158 valence electrons. The van der Waals surface area contributed by atoms with Crippen molar-refractivity contribution < 1.29 is 19.1 Å². The molecule has 1 aliphatic rings. The summed E-state index contributed by atoms with van der Waals surface area (Å²) in [7, 11) is 0. The van der Waals surface area contributed by atoms with Gasteiger partial charge in [0.05, 0.1) is 6.54 Å². The number of piperazine rings is 1. The molecular formula is C23H27N3O4. The fraction of sp³-hybridized carbons (Fsp3) is 0.348. The third-order valence-electron chi connectivity index (χ3n) is 5.26. The summed E-state index contributed by atoms with van der Waals surface area (Å²) in [5.74, 6) is 0.145. The lowest BCUT2D eigenvalue weighted by molar-refractivity contribution is -0.140. The highest BCUT2D eigenvalue weighted by atomic mass is 16.5. The molecular weight excluding hydrogens is 382 g/mol. The molecule has 0 radical (unpaired) electrons. The Morgan fingerprint density at radius 2 is 1.50 bits per heavy atom. The molecule has 7 heteroatoms. The van der Waals surface area contributed by atoms with Crippen LogP contribution >= 0.6 is 0 Å². The standard InChI is InChI=1S/C23H27N3O4/c1-17-8-9-20(14-18(17)2)30-16-22(28)26-12-10-25(11-13-26)21(27)15-24-23(29)19-6-4-3-5-7-19/h3-9,14H,10-13,15-16H2,1-2H3,(H,24,29). The highest BCUT2D eigenvalue weighted by molar-refractivity contribution is 5.96. The van der Waals surface area contributed by atoms with E-state index in [-0.39, 0.29) is 30.9 Å². The molecule has 1 aliphatic heterocycles. The molecule has 1 heterocycles. The predicted molar refractivity (Wildman–Crippen MR) is 113 cm³/mol. The Bertz CT molecular complexity index is 906. The highest BCUT2D eigenvalue weighted by Gasteiger charge is 2.24. The van der Waals surface area contributed by atoms with Gasteiger partial charge in [-0.25, -0.2) is 0 Å². The third-order valence-corrected chi connectivity index (χ3v) is 5.26. The molecule has 1 fully saturated rings. The number of carbonyl (C=O) groups excluding carboxylic acids is 3. The summed E-state index contributed by atoms with van der Waals surface area (Å²) in [6.45, 7) is 5.73. The molecule has 3 amide bonds. The molecule has 2 aromatic carbocycles. The molecule has 1 saturated heterocycles. The number of rotatable bonds is 6. The minimum atomic E-state index is -0.277. The van der Waals surface area contributed by atoms with Crippen molar-refractivity contribution in [1.29, 1.82) is 0 Å². The first-order chi connectivity index (χ1) is 14.4. The van der Waals surface area contributed by atoms with Gasteiger partial charge in [-0.1, -0.05) is 24.3 Å². The minimum absolute atomic E-state index is 0.0242. The van der Waals surface area contributed by atoms with Crippen molar-refractivity contribution >= 4 is 17.7 Å². The van der Waals surface area contributed by atoms with Gasteiger partial charge < -0.3 is 19.9 Å². The second-order valence-electron chi connectivity index (χ2n) is 7.35. The van der Waals surface area contributed by atoms with E-state index in [9.17, 15) is 14.4 Å². The third kappa shape index (κ3) is 5.59. The van der Waals surface area contributed by atoms with Crippen LogP contribution in [0.3, 0.4) is 0 Å². The Hall–Kier alpha value is -3.35. The lowest BCUT2D eigenvalue weighted by Crippen LogP contribution is -2.53. The van der Waals surface area contributed by atoms with E-state index in [1.54, 1.807) is 34.1 Å². The van der Waals surface area contributed by atoms with E-state index < -0.39 is 0 Å². The van der Waals surface area contributed by atoms with Crippen molar-refractivity contribution in [3.63, 3.8) is 0 Å². The smallest absolute Gasteiger partial charge is 0.260 e. The Labute approximate surface area is 176 Å². The Morgan fingerprint density at radius 3 is 2.13 bits per heavy atom. The fourth-order valence-electron chi connectivity index (χ4n) is 3.20. The average molecular weight is 409 g/mol. The number of amides is 3. The van der Waals surface area contributed by atoms with Crippen LogP contribution in [0.15, 0.2) is 48.5 Å². The summed E-state index contributed by atoms with van der Waals surface area (Å²) in [6, 6.07) is 14.5. The molecule has 1 N–H and O–H groups in total. The molecule has 2 aromatic rings. The van der Waals surface area contributed by atoms with Gasteiger partial charge in [0, 0.05) is 31.7 Å². The Kier molecular flexibility index (Phi) is 7.06. The summed E-state index contributed by atoms with van der Waals surface area (Å²) in [4.78, 5) is 40.2. The Balaban J connectivity index is 1.40. The number of carbonyl (C=O) groups is 3. The maximum absolute atomic E-state index is 12.4. The van der Waals surface area contributed by atoms with Gasteiger partial charge in [-0.15, -0.1) is 0 Å². The number of aryl methyl sites for hydroxylation is 2. The second kappa shape index (κ2) is 9.91. The van der Waals surface area contributed by atoms with E-state index in [0.717, 1.165) is 5.56 Å². The number of hydrogen-bond acceptors (Lipinski definition) is 4. The number of nitrogens with one attached hydrogen (secondary N) is 1. The first-order valence-corrected chi connectivity index (χ1v) is 10.0. The molecule has 0 saturated carbocycles. The van der Waals surface area contributed by atoms with Crippen LogP contribution in [0.4, 0.5) is 0 Å². The van der Waals surface area contributed by atoms with Crippen LogP contribution in [0.5, 0.6) is 5.75 Å². The summed E-state index contributed by atoms with van der Waals surface area (Å²) in [5.41, 5.74) is 2.81. The summed E-state index contributed by atoms with van der Waals surface area (Å²) in [6.07, 6.45) is 0. The zero-order valence-corrected chi connectivity index (χ0v) is 17.4. The number of benzene rings is 2. The van der Waals surface area contributed by atoms with E-state index in [4.69, 9.17) is 4.74 Å². The van der Waals surface area contributed by atoms with Crippen LogP contribution in [0, 0.1) is 13.8 Å². The molecule has 0 atom stereocenters. The topological polar surface area (TPSA) is 79.0 Å². The number of nitrogens with zero attached hydrogens (tertiary/aromatic N) is 2. The SMILES string of the molecule is Cc1ccc(OCC(=O)N2CCN(C(=O)CNC(=O)c3ccccc3)CC2)cc1C. The van der Waals surface area contributed by atoms with E-state index >= 15 is 0 Å². The molecule has 0 unspecified atom stereocenters. The lowest BCUT2D eigenvalue weighted by atomic mass is 10.1. The van der Waals surface area contributed by atoms with Crippen molar-refractivity contribution in [2.75, 3.05) is 39.3 Å². The van der Waals surface area contributed by atoms with Gasteiger partial charge in [-0.3, -0.25) is 14.4 Å². The van der Waals surface area contributed by atoms with Crippen LogP contribution < -0.4 is 10.1 Å². The van der Waals surface area contributed by atoms with Crippen LogP contribution in [-0.2, 0) is 9.59 Å². The van der Waals surface area contributed by atoms with Crippen molar-refractivity contribution in [2.24, 2.45) is 0 Å². The predicted octanol–water partition coefficient (Wildman–Crippen LogP) is 1.78. The lowest BCUT2D eigenvalue weighted by Gasteiger charge is -2.34. The van der Waals surface area contributed by atoms with Gasteiger partial charge >= 0.3 is 0 Å². The molecule has 0 aromatic heterocycles. The van der Waals surface area contributed by atoms with Crippen LogP contribution in [-0.4, -0.2) is 66.9 Å². The molecule has 30 heavy (non-hydrogen) atoms. The zero-order chi connectivity index (χ0) is 21.5. The van der Waals surface area contributed by atoms with Crippen LogP contribution in [0.25, 0.3) is 0 Å². The maximum atomic E-state index is 12.4. The van der Waals surface area contributed by atoms with Gasteiger partial charge in [-0.2, -0.15) is 0 Å². The van der Waals surface area contributed by atoms with Crippen molar-refractivity contribution in [2.45, 2.75) is 13.8 Å².